The van der Waals surface area contributed by atoms with Crippen LogP contribution in [0.25, 0.3) is 21.1 Å². The molecule has 0 aliphatic carbocycles. The number of H-pyrrole nitrogens is 1. The van der Waals surface area contributed by atoms with Gasteiger partial charge in [0.25, 0.3) is 0 Å². The maximum Gasteiger partial charge on any atom is 0.245 e. The summed E-state index contributed by atoms with van der Waals surface area (Å²) in [6.07, 6.45) is 2.90. The summed E-state index contributed by atoms with van der Waals surface area (Å²) >= 11 is 1.26. The molecule has 1 amide bonds. The molecule has 0 bridgehead atoms. The van der Waals surface area contributed by atoms with Crippen LogP contribution < -0.4 is 27.6 Å². The van der Waals surface area contributed by atoms with Crippen molar-refractivity contribution >= 4 is 56.0 Å². The van der Waals surface area contributed by atoms with Crippen LogP contribution >= 0.6 is 11.3 Å². The number of benzene rings is 3. The monoisotopic (exact) mass is 623 g/mol. The Kier molecular flexibility index (Phi) is 10.2. The number of para-hydroxylation sites is 2. The Bertz CT molecular complexity index is 1790. The van der Waals surface area contributed by atoms with Crippen LogP contribution in [0.15, 0.2) is 95.0 Å². The van der Waals surface area contributed by atoms with Crippen molar-refractivity contribution in [2.45, 2.75) is 43.8 Å². The third kappa shape index (κ3) is 8.11. The molecular formula is C33H35N8O3S-. The van der Waals surface area contributed by atoms with E-state index in [9.17, 15) is 14.7 Å². The van der Waals surface area contributed by atoms with E-state index >= 15 is 0 Å². The molecule has 2 aromatic heterocycles. The molecule has 12 heteroatoms. The zero-order chi connectivity index (χ0) is 31.8. The molecule has 0 saturated carbocycles. The van der Waals surface area contributed by atoms with Crippen LogP contribution in [0.5, 0.6) is 0 Å². The van der Waals surface area contributed by atoms with Crippen molar-refractivity contribution < 1.29 is 14.7 Å². The number of fused-ring (bicyclic) bond motifs is 2. The highest BCUT2D eigenvalue weighted by Gasteiger charge is 2.28. The number of carbonyl (C=O) groups is 2. The minimum atomic E-state index is -1.11. The van der Waals surface area contributed by atoms with Crippen LogP contribution in [0.3, 0.4) is 0 Å². The van der Waals surface area contributed by atoms with Gasteiger partial charge in [-0.1, -0.05) is 60.7 Å². The lowest BCUT2D eigenvalue weighted by atomic mass is 10.0. The molecule has 1 unspecified atom stereocenters. The number of hydrogen-bond acceptors (Lipinski definition) is 8. The van der Waals surface area contributed by atoms with Gasteiger partial charge in [-0.2, -0.15) is 0 Å². The van der Waals surface area contributed by atoms with Gasteiger partial charge < -0.3 is 32.6 Å². The van der Waals surface area contributed by atoms with Crippen LogP contribution in [-0.4, -0.2) is 58.2 Å². The van der Waals surface area contributed by atoms with Crippen molar-refractivity contribution in [3.63, 3.8) is 0 Å². The first-order valence-electron chi connectivity index (χ1n) is 14.6. The van der Waals surface area contributed by atoms with Crippen LogP contribution in [0.2, 0.25) is 0 Å². The highest BCUT2D eigenvalue weighted by atomic mass is 32.1. The third-order valence-corrected chi connectivity index (χ3v) is 8.42. The average molecular weight is 624 g/mol. The number of aromatic amines is 1. The number of nitrogens with one attached hydrogen (secondary N) is 2. The summed E-state index contributed by atoms with van der Waals surface area (Å²) in [5.41, 5.74) is 20.6. The second-order valence-corrected chi connectivity index (χ2v) is 11.7. The van der Waals surface area contributed by atoms with Crippen molar-refractivity contribution in [1.29, 1.82) is 0 Å². The minimum absolute atomic E-state index is 0.0581. The number of Topliss-reactive ketones (excluding diaryl/α,β-unsaturated/α-hetero) is 1. The normalized spacial score (nSPS) is 13.8. The molecule has 0 saturated heterocycles. The van der Waals surface area contributed by atoms with Gasteiger partial charge in [0.05, 0.1) is 16.3 Å². The second-order valence-electron chi connectivity index (χ2n) is 10.7. The van der Waals surface area contributed by atoms with E-state index in [4.69, 9.17) is 17.2 Å². The van der Waals surface area contributed by atoms with Gasteiger partial charge >= 0.3 is 0 Å². The van der Waals surface area contributed by atoms with Gasteiger partial charge in [-0.15, -0.1) is 11.3 Å². The predicted octanol–water partition coefficient (Wildman–Crippen LogP) is 2.44. The molecule has 3 aromatic carbocycles. The molecular weight excluding hydrogens is 588 g/mol. The molecule has 45 heavy (non-hydrogen) atoms. The van der Waals surface area contributed by atoms with E-state index in [0.29, 0.717) is 11.9 Å². The number of nitrogens with zero attached hydrogens (tertiary/aromatic N) is 3. The summed E-state index contributed by atoms with van der Waals surface area (Å²) in [6, 6.07) is 21.4. The number of ketones is 1. The maximum absolute atomic E-state index is 13.8. The molecule has 0 aliphatic rings. The SMILES string of the molecule is NC(N)=NCCC[C@H](NC(=O)C(Cc1ccccc1)N=C([O-])[C@H](N)Cc1c[nH]c2ccccc12)C(=O)c1nc2ccccc2s1. The zero-order valence-corrected chi connectivity index (χ0v) is 25.4. The van der Waals surface area contributed by atoms with Crippen molar-refractivity contribution in [2.24, 2.45) is 27.2 Å². The summed E-state index contributed by atoms with van der Waals surface area (Å²) < 4.78 is 0.859. The fraction of sp³-hybridized carbons (Fsp3) is 0.242. The Labute approximate surface area is 264 Å². The van der Waals surface area contributed by atoms with Gasteiger partial charge in [-0.25, -0.2) is 4.98 Å². The van der Waals surface area contributed by atoms with Crippen molar-refractivity contribution in [3.8, 4) is 0 Å². The fourth-order valence-electron chi connectivity index (χ4n) is 5.08. The number of guanidine groups is 1. The number of hydrogen-bond donors (Lipinski definition) is 5. The van der Waals surface area contributed by atoms with Gasteiger partial charge in [-0.05, 0) is 54.5 Å². The lowest BCUT2D eigenvalue weighted by Gasteiger charge is -2.24. The van der Waals surface area contributed by atoms with Crippen LogP contribution in [0.4, 0.5) is 0 Å². The van der Waals surface area contributed by atoms with Gasteiger partial charge in [0, 0.05) is 36.1 Å². The number of aliphatic imine (C=N–C) groups is 2. The van der Waals surface area contributed by atoms with Crippen LogP contribution in [-0.2, 0) is 17.6 Å². The van der Waals surface area contributed by atoms with E-state index in [1.165, 1.54) is 11.3 Å². The van der Waals surface area contributed by atoms with Gasteiger partial charge in [0.1, 0.15) is 6.04 Å². The average Bonchev–Trinajstić information content (AvgIpc) is 3.66. The van der Waals surface area contributed by atoms with E-state index in [0.717, 1.165) is 26.7 Å². The minimum Gasteiger partial charge on any atom is -0.861 e. The smallest absolute Gasteiger partial charge is 0.245 e. The van der Waals surface area contributed by atoms with Crippen LogP contribution in [0.1, 0.15) is 33.8 Å². The fourth-order valence-corrected chi connectivity index (χ4v) is 6.04. The number of carbonyl (C=O) groups excluding carboxylic acids is 2. The highest BCUT2D eigenvalue weighted by molar-refractivity contribution is 7.20. The topological polar surface area (TPSA) is 201 Å². The number of aromatic nitrogens is 2. The first-order valence-corrected chi connectivity index (χ1v) is 15.4. The number of rotatable bonds is 14. The summed E-state index contributed by atoms with van der Waals surface area (Å²) in [6.45, 7) is 0.279. The Balaban J connectivity index is 1.38. The molecule has 5 rings (SSSR count). The summed E-state index contributed by atoms with van der Waals surface area (Å²) in [5, 5.41) is 17.4. The van der Waals surface area contributed by atoms with E-state index in [1.54, 1.807) is 0 Å². The van der Waals surface area contributed by atoms with Gasteiger partial charge in [-0.3, -0.25) is 19.6 Å². The zero-order valence-electron chi connectivity index (χ0n) is 24.6. The van der Waals surface area contributed by atoms with Crippen molar-refractivity contribution in [2.75, 3.05) is 6.54 Å². The Morgan fingerprint density at radius 3 is 2.49 bits per heavy atom. The predicted molar refractivity (Wildman–Crippen MR) is 177 cm³/mol. The number of amides is 1. The molecule has 0 fully saturated rings. The molecule has 3 atom stereocenters. The third-order valence-electron chi connectivity index (χ3n) is 7.37. The molecule has 5 aromatic rings. The molecule has 0 spiro atoms. The molecule has 0 radical (unpaired) electrons. The summed E-state index contributed by atoms with van der Waals surface area (Å²) in [5.74, 6) is -1.56. The molecule has 8 N–H and O–H groups in total. The highest BCUT2D eigenvalue weighted by Crippen LogP contribution is 2.24. The van der Waals surface area contributed by atoms with Gasteiger partial charge in [0.15, 0.2) is 11.0 Å². The second kappa shape index (κ2) is 14.6. The van der Waals surface area contributed by atoms with Crippen molar-refractivity contribution in [1.82, 2.24) is 15.3 Å². The lowest BCUT2D eigenvalue weighted by molar-refractivity contribution is -0.221. The number of nitrogens with two attached hydrogens (primary N) is 3. The molecule has 232 valence electrons. The van der Waals surface area contributed by atoms with Gasteiger partial charge in [0.2, 0.25) is 11.7 Å². The van der Waals surface area contributed by atoms with E-state index in [1.807, 2.05) is 85.1 Å². The largest absolute Gasteiger partial charge is 0.861 e. The van der Waals surface area contributed by atoms with E-state index in [2.05, 4.69) is 25.3 Å². The molecule has 2 heterocycles. The first kappa shape index (κ1) is 31.4. The van der Waals surface area contributed by atoms with Crippen LogP contribution in [0, 0.1) is 0 Å². The summed E-state index contributed by atoms with van der Waals surface area (Å²) in [7, 11) is 0. The first-order chi connectivity index (χ1) is 21.8. The maximum atomic E-state index is 13.8. The summed E-state index contributed by atoms with van der Waals surface area (Å²) in [4.78, 5) is 43.5. The molecule has 0 aliphatic heterocycles. The van der Waals surface area contributed by atoms with E-state index < -0.39 is 29.9 Å². The number of thiazole rings is 1. The lowest BCUT2D eigenvalue weighted by Crippen LogP contribution is -2.48. The quantitative estimate of drug-likeness (QED) is 0.0541. The Hall–Kier alpha value is -5.07. The van der Waals surface area contributed by atoms with Crippen molar-refractivity contribution in [3.05, 3.63) is 101 Å². The Morgan fingerprint density at radius 2 is 1.71 bits per heavy atom. The standard InChI is InChI=1S/C33H36N8O3S/c34-23(18-21-19-38-24-12-5-4-11-22(21)24)30(43)40-27(17-20-9-2-1-3-10-20)31(44)39-26(14-8-16-37-33(35)36)29(42)32-41-25-13-6-7-15-28(25)45-32/h1-7,9-13,15,19,23,26-27,38H,8,14,16-18,34H2,(H,39,44)(H,40,43)(H4,35,36,37)/p-1/t23-,26+,27?/m1/s1. The Morgan fingerprint density at radius 1 is 0.978 bits per heavy atom. The van der Waals surface area contributed by atoms with E-state index in [-0.39, 0.29) is 42.6 Å². The molecule has 11 nitrogen and oxygen atoms in total.